The Labute approximate surface area is 109 Å². The van der Waals surface area contributed by atoms with Crippen LogP contribution in [0.2, 0.25) is 0 Å². The van der Waals surface area contributed by atoms with E-state index in [1.165, 1.54) is 0 Å². The molecule has 1 aromatic rings. The van der Waals surface area contributed by atoms with Crippen molar-refractivity contribution in [1.82, 2.24) is 4.98 Å². The summed E-state index contributed by atoms with van der Waals surface area (Å²) in [7, 11) is 0. The number of rotatable bonds is 4. The van der Waals surface area contributed by atoms with E-state index >= 15 is 0 Å². The van der Waals surface area contributed by atoms with Crippen molar-refractivity contribution in [2.75, 3.05) is 30.3 Å². The van der Waals surface area contributed by atoms with Gasteiger partial charge in [-0.3, -0.25) is 0 Å². The number of hydrogen-bond acceptors (Lipinski definition) is 4. The largest absolute Gasteiger partial charge is 0.416 e. The zero-order valence-corrected chi connectivity index (χ0v) is 9.96. The van der Waals surface area contributed by atoms with Crippen LogP contribution in [-0.2, 0) is 6.18 Å². The molecule has 0 bridgehead atoms. The van der Waals surface area contributed by atoms with Crippen LogP contribution in [0.5, 0.6) is 0 Å². The molecule has 1 rings (SSSR count). The minimum absolute atomic E-state index is 0.456. The quantitative estimate of drug-likeness (QED) is 0.836. The fraction of sp³-hybridized carbons (Fsp3) is 0.500. The number of aliphatic hydroxyl groups excluding tert-OH is 1. The van der Waals surface area contributed by atoms with Crippen molar-refractivity contribution in [3.8, 4) is 0 Å². The molecule has 0 atom stereocenters. The molecule has 20 heavy (non-hydrogen) atoms. The van der Waals surface area contributed by atoms with Crippen LogP contribution in [0.1, 0.15) is 5.56 Å². The number of aliphatic hydroxyl groups is 1. The molecule has 1 aromatic heterocycles. The lowest BCUT2D eigenvalue weighted by molar-refractivity contribution is -0.137. The lowest BCUT2D eigenvalue weighted by atomic mass is 10.2. The summed E-state index contributed by atoms with van der Waals surface area (Å²) >= 11 is 0. The Morgan fingerprint density at radius 3 is 2.20 bits per heavy atom. The molecule has 0 radical (unpaired) electrons. The van der Waals surface area contributed by atoms with E-state index in [0.29, 0.717) is 17.0 Å². The van der Waals surface area contributed by atoms with E-state index in [-0.39, 0.29) is 0 Å². The summed E-state index contributed by atoms with van der Waals surface area (Å²) in [5.74, 6) is -1.15. The molecule has 0 aliphatic carbocycles. The smallest absolute Gasteiger partial charge is 0.395 e. The van der Waals surface area contributed by atoms with Gasteiger partial charge in [0.05, 0.1) is 12.2 Å². The minimum atomic E-state index is -4.76. The fourth-order valence-corrected chi connectivity index (χ4v) is 1.47. The van der Waals surface area contributed by atoms with Crippen molar-refractivity contribution in [2.45, 2.75) is 12.4 Å². The minimum Gasteiger partial charge on any atom is -0.395 e. The summed E-state index contributed by atoms with van der Waals surface area (Å²) in [6, 6.07) is 0.978. The molecule has 10 heteroatoms. The van der Waals surface area contributed by atoms with Crippen LogP contribution in [0, 0.1) is 0 Å². The SMILES string of the molecule is Nc1cc(C(F)(F)F)cc(N(CCO)CC(F)(F)F)n1. The standard InChI is InChI=1S/C10H11F6N3O/c11-9(12,13)5-19(1-2-20)8-4-6(10(14,15)16)3-7(17)18-8/h3-4,20H,1-2,5H2,(H2,17,18). The summed E-state index contributed by atoms with van der Waals surface area (Å²) < 4.78 is 74.7. The third kappa shape index (κ3) is 4.76. The summed E-state index contributed by atoms with van der Waals surface area (Å²) in [5, 5.41) is 8.70. The summed E-state index contributed by atoms with van der Waals surface area (Å²) in [4.78, 5) is 3.92. The first-order valence-electron chi connectivity index (χ1n) is 5.30. The molecular formula is C10H11F6N3O. The van der Waals surface area contributed by atoms with Crippen molar-refractivity contribution in [1.29, 1.82) is 0 Å². The monoisotopic (exact) mass is 303 g/mol. The van der Waals surface area contributed by atoms with Gasteiger partial charge in [-0.1, -0.05) is 0 Å². The van der Waals surface area contributed by atoms with Crippen LogP contribution in [-0.4, -0.2) is 36.0 Å². The molecular weight excluding hydrogens is 292 g/mol. The number of aromatic nitrogens is 1. The van der Waals surface area contributed by atoms with E-state index in [1.54, 1.807) is 0 Å². The Kier molecular flexibility index (Phi) is 4.69. The van der Waals surface area contributed by atoms with Crippen LogP contribution < -0.4 is 10.6 Å². The highest BCUT2D eigenvalue weighted by Gasteiger charge is 2.34. The van der Waals surface area contributed by atoms with Gasteiger partial charge in [-0.2, -0.15) is 26.3 Å². The molecule has 114 valence electrons. The van der Waals surface area contributed by atoms with Crippen LogP contribution >= 0.6 is 0 Å². The van der Waals surface area contributed by atoms with Crippen molar-refractivity contribution in [2.24, 2.45) is 0 Å². The fourth-order valence-electron chi connectivity index (χ4n) is 1.47. The average Bonchev–Trinajstić information content (AvgIpc) is 2.24. The van der Waals surface area contributed by atoms with Gasteiger partial charge < -0.3 is 15.7 Å². The van der Waals surface area contributed by atoms with E-state index in [1.807, 2.05) is 0 Å². The van der Waals surface area contributed by atoms with Crippen LogP contribution in [0.15, 0.2) is 12.1 Å². The zero-order chi connectivity index (χ0) is 15.6. The molecule has 1 heterocycles. The Balaban J connectivity index is 3.16. The van der Waals surface area contributed by atoms with E-state index in [4.69, 9.17) is 10.8 Å². The topological polar surface area (TPSA) is 62.4 Å². The van der Waals surface area contributed by atoms with Gasteiger partial charge in [0.1, 0.15) is 18.2 Å². The molecule has 3 N–H and O–H groups in total. The summed E-state index contributed by atoms with van der Waals surface area (Å²) in [5.41, 5.74) is 3.97. The van der Waals surface area contributed by atoms with Gasteiger partial charge in [0, 0.05) is 6.54 Å². The number of halogens is 6. The number of hydrogen-bond donors (Lipinski definition) is 2. The van der Waals surface area contributed by atoms with Gasteiger partial charge in [-0.15, -0.1) is 0 Å². The number of nitrogen functional groups attached to an aromatic ring is 1. The molecule has 0 fully saturated rings. The molecule has 4 nitrogen and oxygen atoms in total. The Morgan fingerprint density at radius 1 is 1.15 bits per heavy atom. The lowest BCUT2D eigenvalue weighted by Crippen LogP contribution is -2.37. The van der Waals surface area contributed by atoms with Crippen LogP contribution in [0.3, 0.4) is 0 Å². The second-order valence-corrected chi connectivity index (χ2v) is 3.90. The predicted molar refractivity (Wildman–Crippen MR) is 59.0 cm³/mol. The molecule has 0 unspecified atom stereocenters. The third-order valence-corrected chi connectivity index (χ3v) is 2.22. The summed E-state index contributed by atoms with van der Waals surface area (Å²) in [6.45, 7) is -2.73. The molecule has 0 saturated carbocycles. The highest BCUT2D eigenvalue weighted by atomic mass is 19.4. The van der Waals surface area contributed by atoms with Gasteiger partial charge in [0.25, 0.3) is 0 Å². The molecule has 0 aliphatic heterocycles. The van der Waals surface area contributed by atoms with E-state index in [2.05, 4.69) is 4.98 Å². The maximum Gasteiger partial charge on any atom is 0.416 e. The number of nitrogens with zero attached hydrogens (tertiary/aromatic N) is 2. The summed E-state index contributed by atoms with van der Waals surface area (Å²) in [6.07, 6.45) is -9.41. The molecule has 0 saturated heterocycles. The number of nitrogens with two attached hydrogens (primary N) is 1. The molecule has 0 spiro atoms. The van der Waals surface area contributed by atoms with E-state index < -0.39 is 49.2 Å². The predicted octanol–water partition coefficient (Wildman–Crippen LogP) is 2.04. The average molecular weight is 303 g/mol. The second kappa shape index (κ2) is 5.73. The first kappa shape index (κ1) is 16.3. The molecule has 0 aliphatic rings. The second-order valence-electron chi connectivity index (χ2n) is 3.90. The van der Waals surface area contributed by atoms with Crippen molar-refractivity contribution >= 4 is 11.6 Å². The third-order valence-electron chi connectivity index (χ3n) is 2.22. The van der Waals surface area contributed by atoms with Crippen molar-refractivity contribution in [3.63, 3.8) is 0 Å². The van der Waals surface area contributed by atoms with Gasteiger partial charge in [-0.25, -0.2) is 4.98 Å². The van der Waals surface area contributed by atoms with Crippen molar-refractivity contribution in [3.05, 3.63) is 17.7 Å². The highest BCUT2D eigenvalue weighted by Crippen LogP contribution is 2.32. The molecule has 0 aromatic carbocycles. The zero-order valence-electron chi connectivity index (χ0n) is 9.96. The first-order valence-corrected chi connectivity index (χ1v) is 5.30. The first-order chi connectivity index (χ1) is 9.03. The number of pyridine rings is 1. The Bertz CT molecular complexity index is 459. The van der Waals surface area contributed by atoms with Crippen LogP contribution in [0.4, 0.5) is 38.0 Å². The lowest BCUT2D eigenvalue weighted by Gasteiger charge is -2.25. The highest BCUT2D eigenvalue weighted by molar-refractivity contribution is 5.49. The van der Waals surface area contributed by atoms with Gasteiger partial charge in [0.15, 0.2) is 0 Å². The van der Waals surface area contributed by atoms with Gasteiger partial charge in [0.2, 0.25) is 0 Å². The maximum absolute atomic E-state index is 12.6. The van der Waals surface area contributed by atoms with Gasteiger partial charge in [-0.05, 0) is 12.1 Å². The van der Waals surface area contributed by atoms with Crippen molar-refractivity contribution < 1.29 is 31.4 Å². The van der Waals surface area contributed by atoms with Gasteiger partial charge >= 0.3 is 12.4 Å². The van der Waals surface area contributed by atoms with E-state index in [9.17, 15) is 26.3 Å². The Hall–Kier alpha value is -1.71. The Morgan fingerprint density at radius 2 is 1.75 bits per heavy atom. The van der Waals surface area contributed by atoms with E-state index in [0.717, 1.165) is 0 Å². The van der Waals surface area contributed by atoms with Crippen LogP contribution in [0.25, 0.3) is 0 Å². The molecule has 0 amide bonds. The normalized spacial score (nSPS) is 12.6. The maximum atomic E-state index is 12.6. The number of anilines is 2. The number of alkyl halides is 6.